The van der Waals surface area contributed by atoms with Gasteiger partial charge >= 0.3 is 0 Å². The lowest BCUT2D eigenvalue weighted by molar-refractivity contribution is -0.143. The fourth-order valence-corrected chi connectivity index (χ4v) is 4.64. The van der Waals surface area contributed by atoms with Crippen LogP contribution in [0.15, 0.2) is 6.33 Å². The van der Waals surface area contributed by atoms with Crippen LogP contribution in [0.4, 0.5) is 0 Å². The Hall–Kier alpha value is -2.00. The number of carbonyl (C=O) groups is 2. The van der Waals surface area contributed by atoms with Crippen LogP contribution in [0.2, 0.25) is 0 Å². The number of hydrogen-bond acceptors (Lipinski definition) is 6. The zero-order chi connectivity index (χ0) is 19.5. The first-order valence-electron chi connectivity index (χ1n) is 10.3. The number of piperidine rings is 2. The number of amides is 2. The van der Waals surface area contributed by atoms with Crippen molar-refractivity contribution < 1.29 is 14.3 Å². The second-order valence-corrected chi connectivity index (χ2v) is 8.13. The summed E-state index contributed by atoms with van der Waals surface area (Å²) in [6, 6.07) is 0. The second-order valence-electron chi connectivity index (χ2n) is 8.13. The molecule has 0 aromatic carbocycles. The van der Waals surface area contributed by atoms with Gasteiger partial charge in [-0.2, -0.15) is 0 Å². The molecule has 4 rings (SSSR count). The smallest absolute Gasteiger partial charge is 0.227 e. The van der Waals surface area contributed by atoms with E-state index in [0.29, 0.717) is 51.7 Å². The van der Waals surface area contributed by atoms with Crippen molar-refractivity contribution in [1.82, 2.24) is 29.9 Å². The highest BCUT2D eigenvalue weighted by Crippen LogP contribution is 2.28. The van der Waals surface area contributed by atoms with Gasteiger partial charge < -0.3 is 24.4 Å². The number of hydrogen-bond donors (Lipinski definition) is 1. The van der Waals surface area contributed by atoms with Crippen molar-refractivity contribution in [2.75, 3.05) is 52.5 Å². The molecule has 9 nitrogen and oxygen atoms in total. The molecule has 0 aliphatic carbocycles. The van der Waals surface area contributed by atoms with Crippen LogP contribution >= 0.6 is 0 Å². The molecule has 0 radical (unpaired) electrons. The molecule has 2 amide bonds. The third-order valence-electron chi connectivity index (χ3n) is 6.29. The lowest BCUT2D eigenvalue weighted by atomic mass is 9.87. The maximum atomic E-state index is 13.1. The van der Waals surface area contributed by atoms with E-state index in [1.165, 1.54) is 0 Å². The van der Waals surface area contributed by atoms with E-state index in [1.54, 1.807) is 6.33 Å². The molecular formula is C19H30N6O3. The topological polar surface area (TPSA) is 92.6 Å². The summed E-state index contributed by atoms with van der Waals surface area (Å²) in [4.78, 5) is 29.7. The molecule has 1 aromatic heterocycles. The molecule has 0 unspecified atom stereocenters. The first kappa shape index (κ1) is 19.3. The van der Waals surface area contributed by atoms with Gasteiger partial charge in [0.2, 0.25) is 11.8 Å². The zero-order valence-corrected chi connectivity index (χ0v) is 16.5. The van der Waals surface area contributed by atoms with Gasteiger partial charge in [0.05, 0.1) is 25.0 Å². The van der Waals surface area contributed by atoms with Gasteiger partial charge in [0, 0.05) is 52.2 Å². The first-order valence-corrected chi connectivity index (χ1v) is 10.3. The molecule has 154 valence electrons. The van der Waals surface area contributed by atoms with Crippen LogP contribution in [0.1, 0.15) is 31.0 Å². The lowest BCUT2D eigenvalue weighted by Gasteiger charge is -2.38. The Morgan fingerprint density at radius 2 is 1.64 bits per heavy atom. The number of likely N-dealkylation sites (tertiary alicyclic amines) is 1. The van der Waals surface area contributed by atoms with E-state index in [4.69, 9.17) is 4.74 Å². The summed E-state index contributed by atoms with van der Waals surface area (Å²) in [6.45, 7) is 5.34. The van der Waals surface area contributed by atoms with Gasteiger partial charge in [-0.15, -0.1) is 10.2 Å². The molecule has 1 N–H and O–H groups in total. The van der Waals surface area contributed by atoms with Gasteiger partial charge in [0.25, 0.3) is 0 Å². The van der Waals surface area contributed by atoms with Crippen molar-refractivity contribution in [3.63, 3.8) is 0 Å². The van der Waals surface area contributed by atoms with E-state index in [1.807, 2.05) is 21.4 Å². The molecule has 28 heavy (non-hydrogen) atoms. The average Bonchev–Trinajstić information content (AvgIpc) is 3.19. The summed E-state index contributed by atoms with van der Waals surface area (Å²) >= 11 is 0. The van der Waals surface area contributed by atoms with Crippen LogP contribution in [0.25, 0.3) is 0 Å². The zero-order valence-electron chi connectivity index (χ0n) is 16.5. The molecule has 0 saturated carbocycles. The molecule has 4 heterocycles. The van der Waals surface area contributed by atoms with Crippen LogP contribution < -0.4 is 5.32 Å². The van der Waals surface area contributed by atoms with Crippen molar-refractivity contribution in [2.45, 2.75) is 25.2 Å². The predicted molar refractivity (Wildman–Crippen MR) is 101 cm³/mol. The number of rotatable bonds is 3. The van der Waals surface area contributed by atoms with E-state index >= 15 is 0 Å². The largest absolute Gasteiger partial charge is 0.378 e. The maximum Gasteiger partial charge on any atom is 0.227 e. The normalized spacial score (nSPS) is 27.0. The SMILES string of the molecule is Cn1cnnc1C1CCN(C(=O)[C@@H]2CNC[C@H](C(=O)N3CCOCC3)C2)CC1. The van der Waals surface area contributed by atoms with Gasteiger partial charge in [-0.25, -0.2) is 0 Å². The van der Waals surface area contributed by atoms with E-state index in [2.05, 4.69) is 15.5 Å². The number of nitrogens with zero attached hydrogens (tertiary/aromatic N) is 5. The summed E-state index contributed by atoms with van der Waals surface area (Å²) in [5, 5.41) is 11.5. The molecular weight excluding hydrogens is 360 g/mol. The summed E-state index contributed by atoms with van der Waals surface area (Å²) in [5.74, 6) is 1.48. The van der Waals surface area contributed by atoms with Gasteiger partial charge in [-0.1, -0.05) is 0 Å². The first-order chi connectivity index (χ1) is 13.6. The second kappa shape index (κ2) is 8.57. The Morgan fingerprint density at radius 3 is 2.21 bits per heavy atom. The molecule has 3 fully saturated rings. The Labute approximate surface area is 165 Å². The Bertz CT molecular complexity index is 694. The highest BCUT2D eigenvalue weighted by molar-refractivity contribution is 5.83. The standard InChI is InChI=1S/C19H30N6O3/c1-23-13-21-22-17(23)14-2-4-24(5-3-14)18(26)15-10-16(12-20-11-15)19(27)25-6-8-28-9-7-25/h13-16,20H,2-12H2,1H3/t15-,16+/m0/s1. The average molecular weight is 390 g/mol. The number of carbonyl (C=O) groups excluding carboxylic acids is 2. The summed E-state index contributed by atoms with van der Waals surface area (Å²) in [7, 11) is 1.96. The molecule has 2 atom stereocenters. The number of aryl methyl sites for hydroxylation is 1. The Balaban J connectivity index is 1.31. The van der Waals surface area contributed by atoms with Crippen LogP contribution in [0.5, 0.6) is 0 Å². The van der Waals surface area contributed by atoms with E-state index in [9.17, 15) is 9.59 Å². The lowest BCUT2D eigenvalue weighted by Crippen LogP contribution is -2.52. The van der Waals surface area contributed by atoms with Gasteiger partial charge in [-0.05, 0) is 19.3 Å². The maximum absolute atomic E-state index is 13.1. The molecule has 0 bridgehead atoms. The minimum absolute atomic E-state index is 0.114. The fraction of sp³-hybridized carbons (Fsp3) is 0.789. The fourth-order valence-electron chi connectivity index (χ4n) is 4.64. The van der Waals surface area contributed by atoms with Crippen LogP contribution in [0, 0.1) is 11.8 Å². The number of nitrogens with one attached hydrogen (secondary N) is 1. The number of ether oxygens (including phenoxy) is 1. The van der Waals surface area contributed by atoms with E-state index in [0.717, 1.165) is 31.8 Å². The van der Waals surface area contributed by atoms with Gasteiger partial charge in [0.1, 0.15) is 12.2 Å². The number of aromatic nitrogens is 3. The molecule has 3 aliphatic rings. The molecule has 3 saturated heterocycles. The summed E-state index contributed by atoms with van der Waals surface area (Å²) in [6.07, 6.45) is 4.19. The van der Waals surface area contributed by atoms with Gasteiger partial charge in [0.15, 0.2) is 0 Å². The van der Waals surface area contributed by atoms with Crippen LogP contribution in [-0.4, -0.2) is 88.9 Å². The quantitative estimate of drug-likeness (QED) is 0.755. The van der Waals surface area contributed by atoms with Crippen molar-refractivity contribution in [3.05, 3.63) is 12.2 Å². The monoisotopic (exact) mass is 390 g/mol. The molecule has 9 heteroatoms. The predicted octanol–water partition coefficient (Wildman–Crippen LogP) is -0.394. The Morgan fingerprint density at radius 1 is 1.04 bits per heavy atom. The van der Waals surface area contributed by atoms with Crippen molar-refractivity contribution in [1.29, 1.82) is 0 Å². The highest BCUT2D eigenvalue weighted by Gasteiger charge is 2.36. The molecule has 0 spiro atoms. The molecule has 3 aliphatic heterocycles. The summed E-state index contributed by atoms with van der Waals surface area (Å²) < 4.78 is 7.31. The Kier molecular flexibility index (Phi) is 5.91. The van der Waals surface area contributed by atoms with Crippen LogP contribution in [-0.2, 0) is 21.4 Å². The van der Waals surface area contributed by atoms with Crippen LogP contribution in [0.3, 0.4) is 0 Å². The van der Waals surface area contributed by atoms with Crippen molar-refractivity contribution in [3.8, 4) is 0 Å². The highest BCUT2D eigenvalue weighted by atomic mass is 16.5. The third kappa shape index (κ3) is 4.05. The van der Waals surface area contributed by atoms with E-state index < -0.39 is 0 Å². The van der Waals surface area contributed by atoms with Crippen molar-refractivity contribution >= 4 is 11.8 Å². The molecule has 1 aromatic rings. The van der Waals surface area contributed by atoms with Crippen molar-refractivity contribution in [2.24, 2.45) is 18.9 Å². The third-order valence-corrected chi connectivity index (χ3v) is 6.29. The van der Waals surface area contributed by atoms with E-state index in [-0.39, 0.29) is 23.7 Å². The minimum atomic E-state index is -0.116. The number of morpholine rings is 1. The van der Waals surface area contributed by atoms with Gasteiger partial charge in [-0.3, -0.25) is 9.59 Å². The summed E-state index contributed by atoms with van der Waals surface area (Å²) in [5.41, 5.74) is 0. The minimum Gasteiger partial charge on any atom is -0.378 e.